The molecular formula is C22H15F3N6O. The van der Waals surface area contributed by atoms with E-state index in [1.54, 1.807) is 19.1 Å². The van der Waals surface area contributed by atoms with Crippen LogP contribution in [0.5, 0.6) is 0 Å². The van der Waals surface area contributed by atoms with Gasteiger partial charge in [-0.2, -0.15) is 14.9 Å². The van der Waals surface area contributed by atoms with Crippen molar-refractivity contribution in [1.29, 1.82) is 0 Å². The molecule has 160 valence electrons. The van der Waals surface area contributed by atoms with Gasteiger partial charge in [0.25, 0.3) is 5.95 Å². The van der Waals surface area contributed by atoms with E-state index < -0.39 is 17.6 Å². The van der Waals surface area contributed by atoms with Gasteiger partial charge in [0, 0.05) is 23.5 Å². The molecule has 0 fully saturated rings. The van der Waals surface area contributed by atoms with Gasteiger partial charge in [-0.15, -0.1) is 5.10 Å². The van der Waals surface area contributed by atoms with Crippen LogP contribution in [0.15, 0.2) is 48.7 Å². The van der Waals surface area contributed by atoms with Crippen LogP contribution in [0, 0.1) is 24.4 Å². The first-order valence-corrected chi connectivity index (χ1v) is 9.71. The van der Waals surface area contributed by atoms with E-state index in [-0.39, 0.29) is 35.5 Å². The van der Waals surface area contributed by atoms with Crippen molar-refractivity contribution >= 4 is 11.7 Å². The first-order valence-electron chi connectivity index (χ1n) is 9.71. The van der Waals surface area contributed by atoms with Crippen molar-refractivity contribution in [3.05, 3.63) is 82.9 Å². The summed E-state index contributed by atoms with van der Waals surface area (Å²) in [7, 11) is 0. The highest BCUT2D eigenvalue weighted by molar-refractivity contribution is 5.95. The number of nitrogens with one attached hydrogen (secondary N) is 1. The van der Waals surface area contributed by atoms with Crippen LogP contribution in [0.25, 0.3) is 17.2 Å². The van der Waals surface area contributed by atoms with E-state index in [0.717, 1.165) is 6.07 Å². The monoisotopic (exact) mass is 436 g/mol. The zero-order valence-corrected chi connectivity index (χ0v) is 16.7. The molecule has 1 unspecified atom stereocenters. The molecule has 1 atom stereocenters. The smallest absolute Gasteiger partial charge is 0.272 e. The molecule has 7 nitrogen and oxygen atoms in total. The van der Waals surface area contributed by atoms with E-state index >= 15 is 0 Å². The fraction of sp³-hybridized carbons (Fsp3) is 0.136. The van der Waals surface area contributed by atoms with Gasteiger partial charge in [0.15, 0.2) is 11.6 Å². The zero-order chi connectivity index (χ0) is 22.4. The van der Waals surface area contributed by atoms with E-state index in [1.165, 1.54) is 35.1 Å². The molecule has 10 heteroatoms. The molecule has 0 aliphatic carbocycles. The van der Waals surface area contributed by atoms with Crippen molar-refractivity contribution in [3.8, 4) is 17.2 Å². The fourth-order valence-electron chi connectivity index (χ4n) is 3.89. The molecule has 2 aromatic carbocycles. The molecule has 0 bridgehead atoms. The van der Waals surface area contributed by atoms with E-state index in [1.807, 2.05) is 0 Å². The minimum absolute atomic E-state index is 0.0609. The first-order chi connectivity index (χ1) is 15.4. The van der Waals surface area contributed by atoms with Crippen molar-refractivity contribution in [3.63, 3.8) is 0 Å². The number of benzene rings is 2. The highest BCUT2D eigenvalue weighted by Gasteiger charge is 2.35. The van der Waals surface area contributed by atoms with Crippen molar-refractivity contribution in [1.82, 2.24) is 25.0 Å². The number of rotatable bonds is 3. The zero-order valence-electron chi connectivity index (χ0n) is 16.7. The van der Waals surface area contributed by atoms with Crippen LogP contribution in [0.1, 0.15) is 29.2 Å². The third kappa shape index (κ3) is 3.29. The van der Waals surface area contributed by atoms with E-state index in [0.29, 0.717) is 22.5 Å². The minimum Gasteiger partial charge on any atom is -0.310 e. The number of aryl methyl sites for hydroxylation is 1. The van der Waals surface area contributed by atoms with E-state index in [9.17, 15) is 18.0 Å². The maximum atomic E-state index is 14.5. The fourth-order valence-corrected chi connectivity index (χ4v) is 3.89. The van der Waals surface area contributed by atoms with Gasteiger partial charge in [0.05, 0.1) is 17.6 Å². The van der Waals surface area contributed by atoms with Gasteiger partial charge in [-0.05, 0) is 42.8 Å². The predicted molar refractivity (Wildman–Crippen MR) is 109 cm³/mol. The number of hydrogen-bond donors (Lipinski definition) is 1. The summed E-state index contributed by atoms with van der Waals surface area (Å²) in [6.07, 6.45) is 1.36. The highest BCUT2D eigenvalue weighted by atomic mass is 19.2. The number of amides is 1. The number of carbonyl (C=O) groups is 1. The summed E-state index contributed by atoms with van der Waals surface area (Å²) in [5.74, 6) is -3.14. The van der Waals surface area contributed by atoms with Crippen LogP contribution in [-0.4, -0.2) is 30.9 Å². The van der Waals surface area contributed by atoms with Gasteiger partial charge < -0.3 is 5.32 Å². The topological polar surface area (TPSA) is 85.6 Å². The number of nitrogens with zero attached hydrogens (tertiary/aromatic N) is 5. The van der Waals surface area contributed by atoms with Crippen LogP contribution in [0.2, 0.25) is 0 Å². The number of aromatic nitrogens is 5. The molecule has 1 aliphatic heterocycles. The molecule has 5 rings (SSSR count). The predicted octanol–water partition coefficient (Wildman–Crippen LogP) is 3.92. The van der Waals surface area contributed by atoms with Crippen LogP contribution >= 0.6 is 0 Å². The summed E-state index contributed by atoms with van der Waals surface area (Å²) in [4.78, 5) is 16.9. The maximum absolute atomic E-state index is 14.5. The minimum atomic E-state index is -0.999. The standard InChI is InChI=1S/C22H15F3N6O/c1-11-19-15(14-3-2-4-16(24)20(14)25)9-18(32)28-21(19)31(30-11)22-27-17(10-26-29-22)12-5-7-13(23)8-6-12/h2-8,10,15H,9H2,1H3,(H,28,32). The lowest BCUT2D eigenvalue weighted by molar-refractivity contribution is -0.116. The lowest BCUT2D eigenvalue weighted by Gasteiger charge is -2.24. The number of halogens is 3. The van der Waals surface area contributed by atoms with Gasteiger partial charge in [-0.25, -0.2) is 18.2 Å². The summed E-state index contributed by atoms with van der Waals surface area (Å²) >= 11 is 0. The Labute approximate surface area is 179 Å². The molecule has 2 aromatic heterocycles. The number of fused-ring (bicyclic) bond motifs is 1. The van der Waals surface area contributed by atoms with Crippen LogP contribution in [0.4, 0.5) is 19.0 Å². The average molecular weight is 436 g/mol. The molecule has 1 aliphatic rings. The Balaban J connectivity index is 1.63. The van der Waals surface area contributed by atoms with Gasteiger partial charge >= 0.3 is 0 Å². The summed E-state index contributed by atoms with van der Waals surface area (Å²) in [6.45, 7) is 1.70. The average Bonchev–Trinajstić information content (AvgIpc) is 3.12. The molecule has 1 N–H and O–H groups in total. The second-order valence-corrected chi connectivity index (χ2v) is 7.36. The van der Waals surface area contributed by atoms with E-state index in [4.69, 9.17) is 0 Å². The molecule has 4 aromatic rings. The quantitative estimate of drug-likeness (QED) is 0.526. The van der Waals surface area contributed by atoms with Crippen molar-refractivity contribution < 1.29 is 18.0 Å². The van der Waals surface area contributed by atoms with Gasteiger partial charge in [0.2, 0.25) is 5.91 Å². The van der Waals surface area contributed by atoms with Gasteiger partial charge in [0.1, 0.15) is 11.6 Å². The highest BCUT2D eigenvalue weighted by Crippen LogP contribution is 2.41. The molecule has 0 spiro atoms. The second-order valence-electron chi connectivity index (χ2n) is 7.36. The molecular weight excluding hydrogens is 421 g/mol. The van der Waals surface area contributed by atoms with Crippen molar-refractivity contribution in [2.24, 2.45) is 0 Å². The molecule has 32 heavy (non-hydrogen) atoms. The number of carbonyl (C=O) groups excluding carboxylic acids is 1. The summed E-state index contributed by atoms with van der Waals surface area (Å²) in [5, 5.41) is 15.1. The Morgan fingerprint density at radius 1 is 1.09 bits per heavy atom. The Bertz CT molecular complexity index is 1350. The van der Waals surface area contributed by atoms with Crippen LogP contribution in [-0.2, 0) is 4.79 Å². The van der Waals surface area contributed by atoms with Crippen molar-refractivity contribution in [2.75, 3.05) is 5.32 Å². The Kier molecular flexibility index (Phi) is 4.69. The van der Waals surface area contributed by atoms with E-state index in [2.05, 4.69) is 25.6 Å². The SMILES string of the molecule is Cc1nn(-c2nncc(-c3ccc(F)cc3)n2)c2c1C(c1cccc(F)c1F)CC(=O)N2. The number of anilines is 1. The second kappa shape index (κ2) is 7.56. The lowest BCUT2D eigenvalue weighted by Crippen LogP contribution is -2.26. The first kappa shape index (κ1) is 19.9. The molecule has 1 amide bonds. The van der Waals surface area contributed by atoms with Gasteiger partial charge in [-0.3, -0.25) is 4.79 Å². The Morgan fingerprint density at radius 3 is 2.66 bits per heavy atom. The summed E-state index contributed by atoms with van der Waals surface area (Å²) in [6, 6.07) is 9.59. The van der Waals surface area contributed by atoms with Crippen LogP contribution < -0.4 is 5.32 Å². The van der Waals surface area contributed by atoms with Crippen LogP contribution in [0.3, 0.4) is 0 Å². The van der Waals surface area contributed by atoms with Gasteiger partial charge in [-0.1, -0.05) is 12.1 Å². The lowest BCUT2D eigenvalue weighted by atomic mass is 9.85. The summed E-state index contributed by atoms with van der Waals surface area (Å²) < 4.78 is 43.0. The summed E-state index contributed by atoms with van der Waals surface area (Å²) in [5.41, 5.74) is 2.16. The molecule has 0 saturated heterocycles. The normalized spacial score (nSPS) is 15.4. The third-order valence-electron chi connectivity index (χ3n) is 5.34. The maximum Gasteiger partial charge on any atom is 0.272 e. The molecule has 3 heterocycles. The largest absolute Gasteiger partial charge is 0.310 e. The number of hydrogen-bond acceptors (Lipinski definition) is 5. The Morgan fingerprint density at radius 2 is 1.88 bits per heavy atom. The molecule has 0 radical (unpaired) electrons. The Hall–Kier alpha value is -4.08. The van der Waals surface area contributed by atoms with Crippen molar-refractivity contribution in [2.45, 2.75) is 19.3 Å². The molecule has 0 saturated carbocycles. The third-order valence-corrected chi connectivity index (χ3v) is 5.34.